The Morgan fingerprint density at radius 1 is 1.44 bits per heavy atom. The van der Waals surface area contributed by atoms with Gasteiger partial charge < -0.3 is 4.90 Å². The topological polar surface area (TPSA) is 33.4 Å². The van der Waals surface area contributed by atoms with E-state index < -0.39 is 0 Å². The van der Waals surface area contributed by atoms with Gasteiger partial charge in [0.2, 0.25) is 0 Å². The van der Waals surface area contributed by atoms with E-state index in [-0.39, 0.29) is 0 Å². The van der Waals surface area contributed by atoms with Gasteiger partial charge in [0.25, 0.3) is 0 Å². The van der Waals surface area contributed by atoms with Gasteiger partial charge in [-0.15, -0.1) is 0 Å². The highest BCUT2D eigenvalue weighted by molar-refractivity contribution is 9.09. The molecule has 3 rings (SSSR count). The lowest BCUT2D eigenvalue weighted by atomic mass is 10.1. The van der Waals surface area contributed by atoms with Crippen molar-refractivity contribution in [3.63, 3.8) is 0 Å². The molecule has 2 aromatic heterocycles. The maximum absolute atomic E-state index is 4.33. The van der Waals surface area contributed by atoms with Crippen molar-refractivity contribution < 1.29 is 0 Å². The van der Waals surface area contributed by atoms with Crippen LogP contribution in [0.3, 0.4) is 0 Å². The van der Waals surface area contributed by atoms with Crippen molar-refractivity contribution in [1.29, 1.82) is 0 Å². The molecular weight excluding hydrogens is 292 g/mol. The van der Waals surface area contributed by atoms with Crippen LogP contribution in [0.15, 0.2) is 18.5 Å². The van der Waals surface area contributed by atoms with Crippen LogP contribution < -0.4 is 4.90 Å². The van der Waals surface area contributed by atoms with E-state index >= 15 is 0 Å². The molecule has 0 saturated carbocycles. The summed E-state index contributed by atoms with van der Waals surface area (Å²) in [5.41, 5.74) is 2.18. The molecule has 1 unspecified atom stereocenters. The van der Waals surface area contributed by atoms with Gasteiger partial charge in [0.1, 0.15) is 12.1 Å². The van der Waals surface area contributed by atoms with Gasteiger partial charge in [-0.3, -0.25) is 0 Å². The Kier molecular flexibility index (Phi) is 3.24. The van der Waals surface area contributed by atoms with E-state index in [0.717, 1.165) is 30.0 Å². The molecule has 3 heterocycles. The van der Waals surface area contributed by atoms with Crippen molar-refractivity contribution in [1.82, 2.24) is 14.6 Å². The van der Waals surface area contributed by atoms with Gasteiger partial charge in [-0.2, -0.15) is 9.61 Å². The van der Waals surface area contributed by atoms with Crippen molar-refractivity contribution >= 4 is 27.4 Å². The molecule has 2 aromatic rings. The monoisotopic (exact) mass is 308 g/mol. The number of fused-ring (bicyclic) bond motifs is 1. The van der Waals surface area contributed by atoms with Crippen LogP contribution in [-0.2, 0) is 0 Å². The van der Waals surface area contributed by atoms with Crippen molar-refractivity contribution in [2.75, 3.05) is 23.3 Å². The summed E-state index contributed by atoms with van der Waals surface area (Å²) in [5.74, 6) is 1.98. The number of aromatic nitrogens is 3. The second-order valence-corrected chi connectivity index (χ2v) is 5.79. The zero-order chi connectivity index (χ0) is 12.5. The molecule has 1 fully saturated rings. The zero-order valence-corrected chi connectivity index (χ0v) is 12.1. The molecular formula is C13H17BrN4. The van der Waals surface area contributed by atoms with Crippen LogP contribution in [0, 0.1) is 12.8 Å². The Balaban J connectivity index is 1.92. The normalized spacial score (nSPS) is 19.9. The van der Waals surface area contributed by atoms with Gasteiger partial charge in [-0.05, 0) is 43.4 Å². The molecule has 0 N–H and O–H groups in total. The first kappa shape index (κ1) is 12.0. The summed E-state index contributed by atoms with van der Waals surface area (Å²) >= 11 is 3.53. The average molecular weight is 309 g/mol. The number of anilines is 1. The fourth-order valence-electron chi connectivity index (χ4n) is 2.69. The number of halogens is 1. The Bertz CT molecular complexity index is 551. The van der Waals surface area contributed by atoms with E-state index in [1.54, 1.807) is 6.33 Å². The lowest BCUT2D eigenvalue weighted by Gasteiger charge is -2.19. The van der Waals surface area contributed by atoms with E-state index in [2.05, 4.69) is 50.0 Å². The van der Waals surface area contributed by atoms with Crippen molar-refractivity contribution in [3.05, 3.63) is 24.0 Å². The fourth-order valence-corrected chi connectivity index (χ4v) is 3.34. The molecule has 5 heteroatoms. The van der Waals surface area contributed by atoms with Crippen LogP contribution in [0.4, 0.5) is 5.82 Å². The number of nitrogens with zero attached hydrogens (tertiary/aromatic N) is 4. The number of rotatable bonds is 3. The molecule has 18 heavy (non-hydrogen) atoms. The highest BCUT2D eigenvalue weighted by atomic mass is 79.9. The summed E-state index contributed by atoms with van der Waals surface area (Å²) in [4.78, 5) is 6.72. The Labute approximate surface area is 115 Å². The van der Waals surface area contributed by atoms with Gasteiger partial charge in [-0.1, -0.05) is 15.9 Å². The van der Waals surface area contributed by atoms with Gasteiger partial charge in [0, 0.05) is 18.4 Å². The molecule has 1 aliphatic rings. The highest BCUT2D eigenvalue weighted by Gasteiger charge is 2.24. The SMILES string of the molecule is Cc1cc(N2CCC(CCBr)C2)n2ncnc2c1. The summed E-state index contributed by atoms with van der Waals surface area (Å²) in [6.45, 7) is 4.37. The smallest absolute Gasteiger partial charge is 0.157 e. The van der Waals surface area contributed by atoms with Crippen molar-refractivity contribution in [3.8, 4) is 0 Å². The maximum atomic E-state index is 4.33. The zero-order valence-electron chi connectivity index (χ0n) is 10.5. The Hall–Kier alpha value is -1.10. The number of hydrogen-bond acceptors (Lipinski definition) is 3. The van der Waals surface area contributed by atoms with E-state index in [1.807, 2.05) is 4.52 Å². The number of hydrogen-bond donors (Lipinski definition) is 0. The van der Waals surface area contributed by atoms with Crippen molar-refractivity contribution in [2.24, 2.45) is 5.92 Å². The molecule has 0 radical (unpaired) electrons. The first-order valence-electron chi connectivity index (χ1n) is 6.39. The van der Waals surface area contributed by atoms with Crippen LogP contribution in [0.25, 0.3) is 5.65 Å². The summed E-state index contributed by atoms with van der Waals surface area (Å²) in [6.07, 6.45) is 4.16. The lowest BCUT2D eigenvalue weighted by molar-refractivity contribution is 0.575. The molecule has 0 amide bonds. The van der Waals surface area contributed by atoms with E-state index in [1.165, 1.54) is 24.2 Å². The number of aryl methyl sites for hydroxylation is 1. The lowest BCUT2D eigenvalue weighted by Crippen LogP contribution is -2.22. The van der Waals surface area contributed by atoms with Gasteiger partial charge in [0.05, 0.1) is 0 Å². The maximum Gasteiger partial charge on any atom is 0.157 e. The Morgan fingerprint density at radius 3 is 3.17 bits per heavy atom. The van der Waals surface area contributed by atoms with E-state index in [9.17, 15) is 0 Å². The minimum atomic E-state index is 0.795. The molecule has 4 nitrogen and oxygen atoms in total. The van der Waals surface area contributed by atoms with Crippen LogP contribution in [0.1, 0.15) is 18.4 Å². The van der Waals surface area contributed by atoms with Crippen LogP contribution in [-0.4, -0.2) is 33.0 Å². The van der Waals surface area contributed by atoms with E-state index in [4.69, 9.17) is 0 Å². The molecule has 1 atom stereocenters. The predicted octanol–water partition coefficient (Wildman–Crippen LogP) is 2.65. The number of pyridine rings is 1. The van der Waals surface area contributed by atoms with E-state index in [0.29, 0.717) is 0 Å². The average Bonchev–Trinajstić information content (AvgIpc) is 2.96. The first-order valence-corrected chi connectivity index (χ1v) is 7.51. The summed E-state index contributed by atoms with van der Waals surface area (Å²) in [7, 11) is 0. The molecule has 0 aliphatic carbocycles. The summed E-state index contributed by atoms with van der Waals surface area (Å²) < 4.78 is 1.95. The third kappa shape index (κ3) is 2.11. The first-order chi connectivity index (χ1) is 8.78. The van der Waals surface area contributed by atoms with Crippen LogP contribution >= 0.6 is 15.9 Å². The van der Waals surface area contributed by atoms with Gasteiger partial charge in [-0.25, -0.2) is 4.98 Å². The third-order valence-corrected chi connectivity index (χ3v) is 4.09. The van der Waals surface area contributed by atoms with Crippen LogP contribution in [0.5, 0.6) is 0 Å². The largest absolute Gasteiger partial charge is 0.356 e. The molecule has 1 aliphatic heterocycles. The molecule has 0 spiro atoms. The fraction of sp³-hybridized carbons (Fsp3) is 0.538. The second kappa shape index (κ2) is 4.88. The van der Waals surface area contributed by atoms with Crippen LogP contribution in [0.2, 0.25) is 0 Å². The summed E-state index contributed by atoms with van der Waals surface area (Å²) in [5, 5.41) is 5.43. The minimum Gasteiger partial charge on any atom is -0.356 e. The Morgan fingerprint density at radius 2 is 2.33 bits per heavy atom. The highest BCUT2D eigenvalue weighted by Crippen LogP contribution is 2.27. The standard InChI is InChI=1S/C13H17BrN4/c1-10-6-12-15-9-16-18(12)13(7-10)17-5-3-11(8-17)2-4-14/h6-7,9,11H,2-5,8H2,1H3. The van der Waals surface area contributed by atoms with Gasteiger partial charge in [0.15, 0.2) is 5.65 Å². The molecule has 0 aromatic carbocycles. The minimum absolute atomic E-state index is 0.795. The molecule has 0 bridgehead atoms. The summed E-state index contributed by atoms with van der Waals surface area (Å²) in [6, 6.07) is 4.28. The molecule has 1 saturated heterocycles. The van der Waals surface area contributed by atoms with Crippen molar-refractivity contribution in [2.45, 2.75) is 19.8 Å². The van der Waals surface area contributed by atoms with Gasteiger partial charge >= 0.3 is 0 Å². The molecule has 96 valence electrons. The second-order valence-electron chi connectivity index (χ2n) is 5.00. The third-order valence-electron chi connectivity index (χ3n) is 3.63. The number of alkyl halides is 1. The predicted molar refractivity (Wildman–Crippen MR) is 76.5 cm³/mol. The quantitative estimate of drug-likeness (QED) is 0.817.